The van der Waals surface area contributed by atoms with Gasteiger partial charge in [-0.1, -0.05) is 30.3 Å². The zero-order chi connectivity index (χ0) is 13.2. The molecule has 5 nitrogen and oxygen atoms in total. The fourth-order valence-corrected chi connectivity index (χ4v) is 2.76. The van der Waals surface area contributed by atoms with Gasteiger partial charge in [-0.05, 0) is 12.0 Å². The van der Waals surface area contributed by atoms with Crippen LogP contribution in [0.15, 0.2) is 30.3 Å². The summed E-state index contributed by atoms with van der Waals surface area (Å²) < 4.78 is 10.7. The molecule has 0 unspecified atom stereocenters. The number of nitrogens with zero attached hydrogens (tertiary/aromatic N) is 1. The average Bonchev–Trinajstić information content (AvgIpc) is 3.01. The molecule has 1 aromatic carbocycles. The van der Waals surface area contributed by atoms with Crippen molar-refractivity contribution in [2.24, 2.45) is 0 Å². The Kier molecular flexibility index (Phi) is 3.40. The molecule has 0 bridgehead atoms. The maximum atomic E-state index is 12.0. The molecule has 1 amide bonds. The molecular formula is C14H17NO4. The second-order valence-corrected chi connectivity index (χ2v) is 4.95. The first-order valence-electron chi connectivity index (χ1n) is 6.52. The van der Waals surface area contributed by atoms with Gasteiger partial charge < -0.3 is 14.6 Å². The molecule has 19 heavy (non-hydrogen) atoms. The van der Waals surface area contributed by atoms with Gasteiger partial charge in [0, 0.05) is 6.54 Å². The van der Waals surface area contributed by atoms with E-state index in [0.29, 0.717) is 13.2 Å². The van der Waals surface area contributed by atoms with E-state index in [4.69, 9.17) is 9.47 Å². The summed E-state index contributed by atoms with van der Waals surface area (Å²) in [6.07, 6.45) is -0.251. The molecule has 2 aliphatic rings. The highest BCUT2D eigenvalue weighted by molar-refractivity contribution is 5.68. The Morgan fingerprint density at radius 1 is 1.42 bits per heavy atom. The number of hydrogen-bond acceptors (Lipinski definition) is 4. The maximum Gasteiger partial charge on any atom is 0.410 e. The van der Waals surface area contributed by atoms with E-state index in [-0.39, 0.29) is 24.8 Å². The van der Waals surface area contributed by atoms with Crippen LogP contribution in [0.2, 0.25) is 0 Å². The zero-order valence-electron chi connectivity index (χ0n) is 10.6. The highest BCUT2D eigenvalue weighted by Crippen LogP contribution is 2.29. The molecule has 0 aliphatic carbocycles. The zero-order valence-corrected chi connectivity index (χ0v) is 10.6. The van der Waals surface area contributed by atoms with Crippen molar-refractivity contribution >= 4 is 6.09 Å². The number of rotatable bonds is 2. The van der Waals surface area contributed by atoms with Crippen LogP contribution in [0.5, 0.6) is 0 Å². The number of fused-ring (bicyclic) bond motifs is 1. The number of benzene rings is 1. The first-order valence-corrected chi connectivity index (χ1v) is 6.52. The van der Waals surface area contributed by atoms with E-state index in [9.17, 15) is 9.90 Å². The fourth-order valence-electron chi connectivity index (χ4n) is 2.76. The number of aliphatic hydroxyl groups excluding tert-OH is 1. The summed E-state index contributed by atoms with van der Waals surface area (Å²) in [6, 6.07) is 9.31. The van der Waals surface area contributed by atoms with E-state index in [1.807, 2.05) is 30.3 Å². The molecule has 102 valence electrons. The van der Waals surface area contributed by atoms with Gasteiger partial charge in [0.2, 0.25) is 0 Å². The molecule has 5 heteroatoms. The number of ether oxygens (including phenoxy) is 2. The van der Waals surface area contributed by atoms with Crippen molar-refractivity contribution in [2.75, 3.05) is 13.2 Å². The van der Waals surface area contributed by atoms with Gasteiger partial charge in [-0.3, -0.25) is 4.90 Å². The van der Waals surface area contributed by atoms with E-state index in [1.54, 1.807) is 4.90 Å². The van der Waals surface area contributed by atoms with Crippen LogP contribution in [-0.2, 0) is 16.1 Å². The SMILES string of the molecule is O=C(OCc1ccccc1)N1CC[C@H]2OC[C@H](O)[C@H]21. The van der Waals surface area contributed by atoms with Crippen LogP contribution in [0, 0.1) is 0 Å². The Balaban J connectivity index is 1.59. The molecule has 2 aliphatic heterocycles. The summed E-state index contributed by atoms with van der Waals surface area (Å²) in [5, 5.41) is 9.83. The Morgan fingerprint density at radius 3 is 3.00 bits per heavy atom. The quantitative estimate of drug-likeness (QED) is 0.869. The van der Waals surface area contributed by atoms with Crippen LogP contribution in [0.1, 0.15) is 12.0 Å². The van der Waals surface area contributed by atoms with Crippen LogP contribution in [0.4, 0.5) is 4.79 Å². The van der Waals surface area contributed by atoms with E-state index in [1.165, 1.54) is 0 Å². The summed E-state index contributed by atoms with van der Waals surface area (Å²) in [7, 11) is 0. The third-order valence-electron chi connectivity index (χ3n) is 3.71. The number of hydrogen-bond donors (Lipinski definition) is 1. The minimum Gasteiger partial charge on any atom is -0.445 e. The molecule has 2 heterocycles. The second-order valence-electron chi connectivity index (χ2n) is 4.95. The average molecular weight is 263 g/mol. The Bertz CT molecular complexity index is 450. The van der Waals surface area contributed by atoms with E-state index in [0.717, 1.165) is 12.0 Å². The van der Waals surface area contributed by atoms with Crippen molar-refractivity contribution in [1.29, 1.82) is 0 Å². The Hall–Kier alpha value is -1.59. The molecule has 0 radical (unpaired) electrons. The lowest BCUT2D eigenvalue weighted by atomic mass is 10.1. The molecule has 2 fully saturated rings. The van der Waals surface area contributed by atoms with Crippen molar-refractivity contribution in [2.45, 2.75) is 31.3 Å². The summed E-state index contributed by atoms with van der Waals surface area (Å²) in [5.74, 6) is 0. The molecule has 0 saturated carbocycles. The van der Waals surface area contributed by atoms with Crippen LogP contribution in [-0.4, -0.2) is 47.5 Å². The number of carbonyl (C=O) groups excluding carboxylic acids is 1. The van der Waals surface area contributed by atoms with Crippen molar-refractivity contribution in [3.63, 3.8) is 0 Å². The predicted octanol–water partition coefficient (Wildman–Crippen LogP) is 1.16. The Labute approximate surface area is 111 Å². The van der Waals surface area contributed by atoms with Crippen molar-refractivity contribution in [3.05, 3.63) is 35.9 Å². The summed E-state index contributed by atoms with van der Waals surface area (Å²) in [4.78, 5) is 13.6. The molecule has 3 rings (SSSR count). The predicted molar refractivity (Wildman–Crippen MR) is 67.5 cm³/mol. The molecule has 0 aromatic heterocycles. The van der Waals surface area contributed by atoms with Gasteiger partial charge in [-0.15, -0.1) is 0 Å². The lowest BCUT2D eigenvalue weighted by Gasteiger charge is -2.24. The highest BCUT2D eigenvalue weighted by atomic mass is 16.6. The maximum absolute atomic E-state index is 12.0. The fraction of sp³-hybridized carbons (Fsp3) is 0.500. The number of amides is 1. The molecule has 0 spiro atoms. The molecular weight excluding hydrogens is 246 g/mol. The van der Waals surface area contributed by atoms with Crippen LogP contribution < -0.4 is 0 Å². The third-order valence-corrected chi connectivity index (χ3v) is 3.71. The molecule has 1 N–H and O–H groups in total. The normalized spacial score (nSPS) is 29.3. The van der Waals surface area contributed by atoms with Gasteiger partial charge >= 0.3 is 6.09 Å². The van der Waals surface area contributed by atoms with Gasteiger partial charge in [0.1, 0.15) is 12.7 Å². The highest BCUT2D eigenvalue weighted by Gasteiger charge is 2.47. The lowest BCUT2D eigenvalue weighted by molar-refractivity contribution is 0.0601. The van der Waals surface area contributed by atoms with Crippen LogP contribution in [0.3, 0.4) is 0 Å². The minimum absolute atomic E-state index is 0.0423. The van der Waals surface area contributed by atoms with Gasteiger partial charge in [-0.25, -0.2) is 4.79 Å². The third kappa shape index (κ3) is 2.43. The largest absolute Gasteiger partial charge is 0.445 e. The lowest BCUT2D eigenvalue weighted by Crippen LogP contribution is -2.44. The van der Waals surface area contributed by atoms with Gasteiger partial charge in [0.25, 0.3) is 0 Å². The van der Waals surface area contributed by atoms with E-state index in [2.05, 4.69) is 0 Å². The van der Waals surface area contributed by atoms with Crippen LogP contribution >= 0.6 is 0 Å². The van der Waals surface area contributed by atoms with Gasteiger partial charge in [0.15, 0.2) is 0 Å². The monoisotopic (exact) mass is 263 g/mol. The topological polar surface area (TPSA) is 59.0 Å². The molecule has 1 aromatic rings. The van der Waals surface area contributed by atoms with Crippen molar-refractivity contribution in [1.82, 2.24) is 4.90 Å². The Morgan fingerprint density at radius 2 is 2.21 bits per heavy atom. The number of carbonyl (C=O) groups is 1. The summed E-state index contributed by atoms with van der Waals surface area (Å²) in [6.45, 7) is 1.14. The van der Waals surface area contributed by atoms with E-state index >= 15 is 0 Å². The summed E-state index contributed by atoms with van der Waals surface area (Å²) >= 11 is 0. The van der Waals surface area contributed by atoms with Crippen molar-refractivity contribution in [3.8, 4) is 0 Å². The molecule has 2 saturated heterocycles. The second kappa shape index (κ2) is 5.19. The van der Waals surface area contributed by atoms with Gasteiger partial charge in [0.05, 0.1) is 18.8 Å². The van der Waals surface area contributed by atoms with Crippen LogP contribution in [0.25, 0.3) is 0 Å². The first kappa shape index (κ1) is 12.4. The number of aliphatic hydroxyl groups is 1. The number of likely N-dealkylation sites (tertiary alicyclic amines) is 1. The van der Waals surface area contributed by atoms with Gasteiger partial charge in [-0.2, -0.15) is 0 Å². The first-order chi connectivity index (χ1) is 9.25. The standard InChI is InChI=1S/C14H17NO4/c16-11-9-18-12-6-7-15(13(11)12)14(17)19-8-10-4-2-1-3-5-10/h1-5,11-13,16H,6-9H2/t11-,12+,13+/m0/s1. The smallest absolute Gasteiger partial charge is 0.410 e. The minimum atomic E-state index is -0.600. The van der Waals surface area contributed by atoms with Crippen molar-refractivity contribution < 1.29 is 19.4 Å². The van der Waals surface area contributed by atoms with E-state index < -0.39 is 6.10 Å². The molecule has 3 atom stereocenters. The summed E-state index contributed by atoms with van der Waals surface area (Å²) in [5.41, 5.74) is 0.954.